The average Bonchev–Trinajstić information content (AvgIpc) is 2.87. The summed E-state index contributed by atoms with van der Waals surface area (Å²) in [5.41, 5.74) is 0.911. The molecule has 6 nitrogen and oxygen atoms in total. The van der Waals surface area contributed by atoms with Crippen LogP contribution in [0.25, 0.3) is 10.9 Å². The Bertz CT molecular complexity index is 836. The van der Waals surface area contributed by atoms with Crippen molar-refractivity contribution in [2.75, 3.05) is 13.1 Å². The minimum atomic E-state index is -0.808. The highest BCUT2D eigenvalue weighted by Crippen LogP contribution is 2.32. The Balaban J connectivity index is 0.00000131. The highest BCUT2D eigenvalue weighted by molar-refractivity contribution is 6.07. The summed E-state index contributed by atoms with van der Waals surface area (Å²) in [7, 11) is 0. The lowest BCUT2D eigenvalue weighted by Crippen LogP contribution is -2.53. The number of aromatic nitrogens is 1. The predicted octanol–water partition coefficient (Wildman–Crippen LogP) is 2.89. The Hall–Kier alpha value is -1.89. The van der Waals surface area contributed by atoms with Gasteiger partial charge in [-0.15, -0.1) is 24.8 Å². The van der Waals surface area contributed by atoms with Crippen molar-refractivity contribution in [3.05, 3.63) is 42.1 Å². The van der Waals surface area contributed by atoms with Crippen LogP contribution < -0.4 is 10.6 Å². The maximum Gasteiger partial charge on any atom is 0.325 e. The van der Waals surface area contributed by atoms with E-state index in [1.165, 1.54) is 4.90 Å². The summed E-state index contributed by atoms with van der Waals surface area (Å²) < 4.78 is 0. The van der Waals surface area contributed by atoms with Gasteiger partial charge in [-0.3, -0.25) is 14.7 Å². The molecule has 8 heteroatoms. The van der Waals surface area contributed by atoms with Crippen LogP contribution in [0.3, 0.4) is 0 Å². The van der Waals surface area contributed by atoms with Gasteiger partial charge in [0.2, 0.25) is 0 Å². The number of pyridine rings is 1. The third-order valence-corrected chi connectivity index (χ3v) is 5.50. The van der Waals surface area contributed by atoms with Crippen LogP contribution in [0.2, 0.25) is 0 Å². The number of para-hydroxylation sites is 1. The van der Waals surface area contributed by atoms with Crippen molar-refractivity contribution < 1.29 is 9.59 Å². The van der Waals surface area contributed by atoms with Gasteiger partial charge >= 0.3 is 6.03 Å². The molecule has 4 rings (SSSR count). The quantitative estimate of drug-likeness (QED) is 0.762. The van der Waals surface area contributed by atoms with E-state index in [1.807, 2.05) is 37.3 Å². The molecule has 2 fully saturated rings. The summed E-state index contributed by atoms with van der Waals surface area (Å²) >= 11 is 0. The van der Waals surface area contributed by atoms with Gasteiger partial charge in [0, 0.05) is 11.6 Å². The molecule has 0 aliphatic carbocycles. The zero-order chi connectivity index (χ0) is 17.4. The van der Waals surface area contributed by atoms with Gasteiger partial charge < -0.3 is 10.6 Å². The molecule has 0 radical (unpaired) electrons. The minimum Gasteiger partial charge on any atom is -0.323 e. The molecule has 146 valence electrons. The number of benzene rings is 1. The molecule has 1 aromatic heterocycles. The van der Waals surface area contributed by atoms with E-state index in [9.17, 15) is 9.59 Å². The molecule has 1 aromatic carbocycles. The Kier molecular flexibility index (Phi) is 6.68. The molecule has 0 saturated carbocycles. The van der Waals surface area contributed by atoms with Crippen LogP contribution in [0, 0.1) is 5.92 Å². The number of carbonyl (C=O) groups is 2. The number of amides is 3. The van der Waals surface area contributed by atoms with Crippen molar-refractivity contribution >= 4 is 47.7 Å². The Morgan fingerprint density at radius 2 is 1.85 bits per heavy atom. The number of nitrogens with zero attached hydrogens (tertiary/aromatic N) is 2. The zero-order valence-electron chi connectivity index (χ0n) is 15.1. The lowest BCUT2D eigenvalue weighted by atomic mass is 9.79. The molecule has 3 heterocycles. The van der Waals surface area contributed by atoms with E-state index in [0.29, 0.717) is 0 Å². The maximum absolute atomic E-state index is 13.1. The van der Waals surface area contributed by atoms with Gasteiger partial charge in [0.1, 0.15) is 5.54 Å². The summed E-state index contributed by atoms with van der Waals surface area (Å²) in [6.45, 7) is 3.89. The number of imide groups is 1. The predicted molar refractivity (Wildman–Crippen MR) is 109 cm³/mol. The van der Waals surface area contributed by atoms with Crippen LogP contribution >= 0.6 is 24.8 Å². The van der Waals surface area contributed by atoms with E-state index in [0.717, 1.165) is 42.4 Å². The van der Waals surface area contributed by atoms with Crippen molar-refractivity contribution in [2.45, 2.75) is 31.8 Å². The van der Waals surface area contributed by atoms with E-state index in [4.69, 9.17) is 0 Å². The van der Waals surface area contributed by atoms with Crippen LogP contribution in [-0.2, 0) is 11.3 Å². The fourth-order valence-corrected chi connectivity index (χ4v) is 4.00. The van der Waals surface area contributed by atoms with Crippen molar-refractivity contribution in [1.29, 1.82) is 0 Å². The molecular weight excluding hydrogens is 387 g/mol. The first-order valence-electron chi connectivity index (χ1n) is 8.77. The molecule has 2 saturated heterocycles. The van der Waals surface area contributed by atoms with Crippen LogP contribution in [0.5, 0.6) is 0 Å². The average molecular weight is 411 g/mol. The van der Waals surface area contributed by atoms with Crippen molar-refractivity contribution in [3.8, 4) is 0 Å². The Labute approximate surface area is 170 Å². The molecule has 3 amide bonds. The summed E-state index contributed by atoms with van der Waals surface area (Å²) in [6, 6.07) is 9.40. The summed E-state index contributed by atoms with van der Waals surface area (Å²) in [5, 5.41) is 7.27. The lowest BCUT2D eigenvalue weighted by Gasteiger charge is -2.34. The maximum atomic E-state index is 13.1. The molecule has 2 aliphatic heterocycles. The van der Waals surface area contributed by atoms with Gasteiger partial charge in [-0.2, -0.15) is 0 Å². The van der Waals surface area contributed by atoms with Crippen molar-refractivity contribution in [3.63, 3.8) is 0 Å². The van der Waals surface area contributed by atoms with Gasteiger partial charge in [0.15, 0.2) is 0 Å². The minimum absolute atomic E-state index is 0. The molecule has 27 heavy (non-hydrogen) atoms. The number of rotatable bonds is 3. The Morgan fingerprint density at radius 1 is 1.15 bits per heavy atom. The van der Waals surface area contributed by atoms with Crippen LogP contribution in [-0.4, -0.2) is 40.5 Å². The molecule has 1 atom stereocenters. The van der Waals surface area contributed by atoms with Crippen molar-refractivity contribution in [1.82, 2.24) is 20.5 Å². The van der Waals surface area contributed by atoms with E-state index < -0.39 is 5.54 Å². The molecule has 1 unspecified atom stereocenters. The first-order valence-corrected chi connectivity index (χ1v) is 8.77. The van der Waals surface area contributed by atoms with Gasteiger partial charge in [0.25, 0.3) is 5.91 Å². The van der Waals surface area contributed by atoms with Gasteiger partial charge in [-0.25, -0.2) is 4.79 Å². The standard InChI is InChI=1S/C19H22N4O2.2ClH/c1-19(15-7-10-20-11-8-15)17(24)23(18(25)22-19)12-14-5-2-4-13-6-3-9-21-16(13)14;;/h2-6,9,15,20H,7-8,10-12H2,1H3,(H,22,25);2*1H. The van der Waals surface area contributed by atoms with E-state index in [1.54, 1.807) is 6.20 Å². The molecule has 2 aliphatic rings. The third kappa shape index (κ3) is 3.74. The number of halogens is 2. The van der Waals surface area contributed by atoms with E-state index >= 15 is 0 Å². The smallest absolute Gasteiger partial charge is 0.323 e. The molecule has 2 aromatic rings. The van der Waals surface area contributed by atoms with Gasteiger partial charge in [0.05, 0.1) is 12.1 Å². The highest BCUT2D eigenvalue weighted by Gasteiger charge is 2.52. The number of carbonyl (C=O) groups excluding carboxylic acids is 2. The van der Waals surface area contributed by atoms with E-state index in [-0.39, 0.29) is 49.2 Å². The molecule has 2 N–H and O–H groups in total. The zero-order valence-corrected chi connectivity index (χ0v) is 16.7. The third-order valence-electron chi connectivity index (χ3n) is 5.50. The van der Waals surface area contributed by atoms with Crippen LogP contribution in [0.1, 0.15) is 25.3 Å². The number of piperidine rings is 1. The molecule has 0 spiro atoms. The monoisotopic (exact) mass is 410 g/mol. The van der Waals surface area contributed by atoms with Crippen LogP contribution in [0.4, 0.5) is 4.79 Å². The largest absolute Gasteiger partial charge is 0.325 e. The fraction of sp³-hybridized carbons (Fsp3) is 0.421. The topological polar surface area (TPSA) is 74.3 Å². The van der Waals surface area contributed by atoms with Gasteiger partial charge in [-0.05, 0) is 50.4 Å². The number of nitrogens with one attached hydrogen (secondary N) is 2. The highest BCUT2D eigenvalue weighted by atomic mass is 35.5. The normalized spacial score (nSPS) is 22.9. The van der Waals surface area contributed by atoms with Gasteiger partial charge in [-0.1, -0.05) is 24.3 Å². The first-order chi connectivity index (χ1) is 12.1. The van der Waals surface area contributed by atoms with E-state index in [2.05, 4.69) is 15.6 Å². The second kappa shape index (κ2) is 8.42. The fourth-order valence-electron chi connectivity index (χ4n) is 4.00. The first kappa shape index (κ1) is 21.4. The second-order valence-corrected chi connectivity index (χ2v) is 7.04. The van der Waals surface area contributed by atoms with Crippen molar-refractivity contribution in [2.24, 2.45) is 5.92 Å². The number of fused-ring (bicyclic) bond motifs is 1. The number of urea groups is 1. The summed E-state index contributed by atoms with van der Waals surface area (Å²) in [6.07, 6.45) is 3.52. The second-order valence-electron chi connectivity index (χ2n) is 7.04. The number of hydrogen-bond acceptors (Lipinski definition) is 4. The van der Waals surface area contributed by atoms with Crippen LogP contribution in [0.15, 0.2) is 36.5 Å². The SMILES string of the molecule is CC1(C2CCNCC2)NC(=O)N(Cc2cccc3cccnc23)C1=O.Cl.Cl. The molecule has 0 bridgehead atoms. The lowest BCUT2D eigenvalue weighted by molar-refractivity contribution is -0.133. The summed E-state index contributed by atoms with van der Waals surface area (Å²) in [5.74, 6) is 0.0400. The summed E-state index contributed by atoms with van der Waals surface area (Å²) in [4.78, 5) is 31.4. The Morgan fingerprint density at radius 3 is 2.59 bits per heavy atom. The molecular formula is C19H24Cl2N4O2. The number of hydrogen-bond donors (Lipinski definition) is 2.